The number of phenolic OH excluding ortho intramolecular Hbond substituents is 2. The highest BCUT2D eigenvalue weighted by atomic mass is 19.4. The lowest BCUT2D eigenvalue weighted by Crippen LogP contribution is -2.06. The smallest absolute Gasteiger partial charge is 0.417 e. The first-order valence-electron chi connectivity index (χ1n) is 7.09. The van der Waals surface area contributed by atoms with Crippen LogP contribution in [-0.2, 0) is 6.18 Å². The molecule has 3 aromatic rings. The van der Waals surface area contributed by atoms with E-state index in [-0.39, 0.29) is 28.8 Å². The number of alkyl halides is 3. The summed E-state index contributed by atoms with van der Waals surface area (Å²) < 4.78 is 51.6. The molecule has 0 aliphatic carbocycles. The molecule has 3 rings (SSSR count). The lowest BCUT2D eigenvalue weighted by Gasteiger charge is -2.09. The summed E-state index contributed by atoms with van der Waals surface area (Å²) in [6.45, 7) is 0. The summed E-state index contributed by atoms with van der Waals surface area (Å²) >= 11 is 0. The molecule has 1 aromatic carbocycles. The highest BCUT2D eigenvalue weighted by Crippen LogP contribution is 2.32. The maximum absolute atomic E-state index is 14.0. The highest BCUT2D eigenvalue weighted by molar-refractivity contribution is 5.65. The summed E-state index contributed by atoms with van der Waals surface area (Å²) in [6.07, 6.45) is -3.00. The van der Waals surface area contributed by atoms with Gasteiger partial charge in [-0.1, -0.05) is 0 Å². The SMILES string of the molecule is Oc1ccc(-c2nc(Nc3ccc(C(F)(F)F)cn3)ncc2F)cc1O. The van der Waals surface area contributed by atoms with E-state index in [0.717, 1.165) is 30.5 Å². The Hall–Kier alpha value is -3.43. The second kappa shape index (κ2) is 6.47. The fraction of sp³-hybridized carbons (Fsp3) is 0.0625. The van der Waals surface area contributed by atoms with Gasteiger partial charge in [0, 0.05) is 11.8 Å². The Morgan fingerprint density at radius 1 is 0.923 bits per heavy atom. The average Bonchev–Trinajstić information content (AvgIpc) is 2.59. The van der Waals surface area contributed by atoms with E-state index in [2.05, 4.69) is 20.3 Å². The van der Waals surface area contributed by atoms with E-state index in [1.165, 1.54) is 6.07 Å². The number of aromatic hydroxyl groups is 2. The van der Waals surface area contributed by atoms with E-state index in [1.807, 2.05) is 0 Å². The molecule has 26 heavy (non-hydrogen) atoms. The minimum atomic E-state index is -4.51. The normalized spacial score (nSPS) is 11.4. The molecule has 0 unspecified atom stereocenters. The number of phenols is 2. The number of pyridine rings is 1. The number of anilines is 2. The molecule has 0 aliphatic rings. The standard InChI is InChI=1S/C16H10F4N4O2/c17-10-7-22-15(23-13-4-2-9(6-21-13)16(18,19)20)24-14(10)8-1-3-11(25)12(26)5-8/h1-7,25-26H,(H,21,22,23,24). The van der Waals surface area contributed by atoms with Crippen molar-refractivity contribution in [2.24, 2.45) is 0 Å². The molecule has 0 spiro atoms. The molecule has 0 bridgehead atoms. The first-order chi connectivity index (χ1) is 12.2. The van der Waals surface area contributed by atoms with Crippen LogP contribution in [0.3, 0.4) is 0 Å². The van der Waals surface area contributed by atoms with Crippen LogP contribution in [0.15, 0.2) is 42.7 Å². The Kier molecular flexibility index (Phi) is 4.33. The molecule has 2 aromatic heterocycles. The second-order valence-electron chi connectivity index (χ2n) is 5.15. The van der Waals surface area contributed by atoms with Crippen molar-refractivity contribution in [3.05, 3.63) is 54.1 Å². The summed E-state index contributed by atoms with van der Waals surface area (Å²) in [5.41, 5.74) is -0.920. The van der Waals surface area contributed by atoms with Gasteiger partial charge in [0.25, 0.3) is 0 Å². The van der Waals surface area contributed by atoms with E-state index >= 15 is 0 Å². The molecule has 0 atom stereocenters. The molecular formula is C16H10F4N4O2. The predicted octanol–water partition coefficient (Wildman–Crippen LogP) is 3.85. The van der Waals surface area contributed by atoms with Gasteiger partial charge in [0.05, 0.1) is 11.8 Å². The van der Waals surface area contributed by atoms with Crippen molar-refractivity contribution < 1.29 is 27.8 Å². The Morgan fingerprint density at radius 3 is 2.31 bits per heavy atom. The number of hydrogen-bond donors (Lipinski definition) is 3. The van der Waals surface area contributed by atoms with Crippen molar-refractivity contribution in [1.29, 1.82) is 0 Å². The lowest BCUT2D eigenvalue weighted by molar-refractivity contribution is -0.137. The maximum Gasteiger partial charge on any atom is 0.417 e. The Labute approximate surface area is 143 Å². The van der Waals surface area contributed by atoms with Gasteiger partial charge < -0.3 is 15.5 Å². The summed E-state index contributed by atoms with van der Waals surface area (Å²) in [5.74, 6) is -1.71. The van der Waals surface area contributed by atoms with E-state index in [4.69, 9.17) is 0 Å². The van der Waals surface area contributed by atoms with Crippen LogP contribution in [-0.4, -0.2) is 25.2 Å². The fourth-order valence-corrected chi connectivity index (χ4v) is 2.05. The number of nitrogens with one attached hydrogen (secondary N) is 1. The number of hydrogen-bond acceptors (Lipinski definition) is 6. The highest BCUT2D eigenvalue weighted by Gasteiger charge is 2.30. The van der Waals surface area contributed by atoms with Gasteiger partial charge in [-0.05, 0) is 30.3 Å². The topological polar surface area (TPSA) is 91.2 Å². The van der Waals surface area contributed by atoms with Crippen LogP contribution in [0.25, 0.3) is 11.3 Å². The van der Waals surface area contributed by atoms with E-state index < -0.39 is 23.3 Å². The van der Waals surface area contributed by atoms with Gasteiger partial charge in [0.15, 0.2) is 17.3 Å². The monoisotopic (exact) mass is 366 g/mol. The van der Waals surface area contributed by atoms with Gasteiger partial charge in [-0.3, -0.25) is 0 Å². The third-order valence-corrected chi connectivity index (χ3v) is 3.32. The molecule has 10 heteroatoms. The number of nitrogens with zero attached hydrogens (tertiary/aromatic N) is 3. The molecule has 2 heterocycles. The minimum Gasteiger partial charge on any atom is -0.504 e. The van der Waals surface area contributed by atoms with Crippen LogP contribution in [0.2, 0.25) is 0 Å². The van der Waals surface area contributed by atoms with Gasteiger partial charge in [-0.25, -0.2) is 19.3 Å². The van der Waals surface area contributed by atoms with Gasteiger partial charge in [-0.15, -0.1) is 0 Å². The Morgan fingerprint density at radius 2 is 1.69 bits per heavy atom. The number of benzene rings is 1. The Bertz CT molecular complexity index is 946. The third-order valence-electron chi connectivity index (χ3n) is 3.32. The lowest BCUT2D eigenvalue weighted by atomic mass is 10.1. The number of aromatic nitrogens is 3. The average molecular weight is 366 g/mol. The van der Waals surface area contributed by atoms with Crippen molar-refractivity contribution in [3.63, 3.8) is 0 Å². The van der Waals surface area contributed by atoms with Gasteiger partial charge >= 0.3 is 6.18 Å². The third kappa shape index (κ3) is 3.63. The van der Waals surface area contributed by atoms with Crippen molar-refractivity contribution >= 4 is 11.8 Å². The fourth-order valence-electron chi connectivity index (χ4n) is 2.05. The molecule has 0 aliphatic heterocycles. The number of rotatable bonds is 3. The van der Waals surface area contributed by atoms with Crippen LogP contribution < -0.4 is 5.32 Å². The van der Waals surface area contributed by atoms with Crippen LogP contribution in [0.4, 0.5) is 29.3 Å². The largest absolute Gasteiger partial charge is 0.504 e. The molecule has 3 N–H and O–H groups in total. The molecule has 0 amide bonds. The van der Waals surface area contributed by atoms with Crippen LogP contribution in [0.1, 0.15) is 5.56 Å². The molecule has 0 fully saturated rings. The summed E-state index contributed by atoms with van der Waals surface area (Å²) in [4.78, 5) is 11.2. The number of halogens is 4. The van der Waals surface area contributed by atoms with Crippen molar-refractivity contribution in [3.8, 4) is 22.8 Å². The van der Waals surface area contributed by atoms with Crippen molar-refractivity contribution in [1.82, 2.24) is 15.0 Å². The van der Waals surface area contributed by atoms with Crippen LogP contribution >= 0.6 is 0 Å². The summed E-state index contributed by atoms with van der Waals surface area (Å²) in [6, 6.07) is 5.53. The minimum absolute atomic E-state index is 0.0316. The molecule has 0 saturated carbocycles. The molecule has 6 nitrogen and oxygen atoms in total. The van der Waals surface area contributed by atoms with Crippen LogP contribution in [0.5, 0.6) is 11.5 Å². The Balaban J connectivity index is 1.89. The van der Waals surface area contributed by atoms with E-state index in [0.29, 0.717) is 6.20 Å². The van der Waals surface area contributed by atoms with Gasteiger partial charge in [0.2, 0.25) is 5.95 Å². The van der Waals surface area contributed by atoms with Crippen molar-refractivity contribution in [2.45, 2.75) is 6.18 Å². The van der Waals surface area contributed by atoms with Crippen molar-refractivity contribution in [2.75, 3.05) is 5.32 Å². The predicted molar refractivity (Wildman–Crippen MR) is 83.3 cm³/mol. The summed E-state index contributed by atoms with van der Waals surface area (Å²) in [5, 5.41) is 21.4. The molecular weight excluding hydrogens is 356 g/mol. The van der Waals surface area contributed by atoms with E-state index in [9.17, 15) is 27.8 Å². The second-order valence-corrected chi connectivity index (χ2v) is 5.15. The summed E-state index contributed by atoms with van der Waals surface area (Å²) in [7, 11) is 0. The first kappa shape index (κ1) is 17.4. The molecule has 134 valence electrons. The quantitative estimate of drug-likeness (QED) is 0.482. The first-order valence-corrected chi connectivity index (χ1v) is 7.09. The van der Waals surface area contributed by atoms with Crippen LogP contribution in [0, 0.1) is 5.82 Å². The zero-order valence-electron chi connectivity index (χ0n) is 12.8. The molecule has 0 radical (unpaired) electrons. The zero-order valence-corrected chi connectivity index (χ0v) is 12.8. The van der Waals surface area contributed by atoms with Gasteiger partial charge in [-0.2, -0.15) is 13.2 Å². The maximum atomic E-state index is 14.0. The van der Waals surface area contributed by atoms with E-state index in [1.54, 1.807) is 0 Å². The van der Waals surface area contributed by atoms with Gasteiger partial charge in [0.1, 0.15) is 11.5 Å². The molecule has 0 saturated heterocycles. The zero-order chi connectivity index (χ0) is 18.9.